The number of esters is 1. The van der Waals surface area contributed by atoms with Gasteiger partial charge in [-0.1, -0.05) is 6.92 Å². The first-order valence-electron chi connectivity index (χ1n) is 18.8. The van der Waals surface area contributed by atoms with Gasteiger partial charge in [0.2, 0.25) is 0 Å². The highest BCUT2D eigenvalue weighted by Crippen LogP contribution is 2.70. The summed E-state index contributed by atoms with van der Waals surface area (Å²) >= 11 is 0. The van der Waals surface area contributed by atoms with Crippen molar-refractivity contribution in [2.24, 2.45) is 28.6 Å². The van der Waals surface area contributed by atoms with Crippen LogP contribution in [0.5, 0.6) is 0 Å². The van der Waals surface area contributed by atoms with Gasteiger partial charge < -0.3 is 68.6 Å². The summed E-state index contributed by atoms with van der Waals surface area (Å²) in [6.45, 7) is 3.49. The molecule has 0 bridgehead atoms. The van der Waals surface area contributed by atoms with E-state index in [9.17, 15) is 40.2 Å². The minimum Gasteiger partial charge on any atom is -0.458 e. The Morgan fingerprint density at radius 2 is 1.60 bits per heavy atom. The van der Waals surface area contributed by atoms with Crippen molar-refractivity contribution in [3.8, 4) is 0 Å². The summed E-state index contributed by atoms with van der Waals surface area (Å²) in [5, 5.41) is 65.7. The zero-order chi connectivity index (χ0) is 37.4. The van der Waals surface area contributed by atoms with Crippen molar-refractivity contribution < 1.29 is 73.4 Å². The van der Waals surface area contributed by atoms with Crippen LogP contribution in [-0.2, 0) is 42.7 Å². The zero-order valence-electron chi connectivity index (χ0n) is 30.4. The van der Waals surface area contributed by atoms with Crippen molar-refractivity contribution in [2.75, 3.05) is 27.4 Å². The predicted molar refractivity (Wildman–Crippen MR) is 177 cm³/mol. The van der Waals surface area contributed by atoms with Gasteiger partial charge in [-0.05, 0) is 81.6 Å². The summed E-state index contributed by atoms with van der Waals surface area (Å²) in [6.07, 6.45) is -4.97. The molecule has 0 radical (unpaired) electrons. The van der Waals surface area contributed by atoms with Gasteiger partial charge in [-0.15, -0.1) is 0 Å². The molecule has 3 aliphatic heterocycles. The van der Waals surface area contributed by atoms with Crippen LogP contribution < -0.4 is 0 Å². The van der Waals surface area contributed by atoms with Gasteiger partial charge in [0.25, 0.3) is 0 Å². The first-order valence-corrected chi connectivity index (χ1v) is 18.8. The van der Waals surface area contributed by atoms with Gasteiger partial charge in [0, 0.05) is 32.1 Å². The van der Waals surface area contributed by atoms with Crippen LogP contribution in [0.25, 0.3) is 0 Å². The van der Waals surface area contributed by atoms with Gasteiger partial charge in [-0.3, -0.25) is 0 Å². The molecule has 52 heavy (non-hydrogen) atoms. The number of aliphatic hydroxyl groups is 6. The second-order valence-corrected chi connectivity index (χ2v) is 16.6. The number of aldehydes is 1. The third-order valence-electron chi connectivity index (χ3n) is 14.6. The van der Waals surface area contributed by atoms with Crippen LogP contribution in [0.15, 0.2) is 11.6 Å². The van der Waals surface area contributed by atoms with E-state index in [1.165, 1.54) is 14.2 Å². The molecule has 2 saturated heterocycles. The fraction of sp³-hybridized carbons (Fsp3) is 0.892. The van der Waals surface area contributed by atoms with Crippen LogP contribution >= 0.6 is 0 Å². The van der Waals surface area contributed by atoms with Gasteiger partial charge in [-0.2, -0.15) is 0 Å². The molecule has 294 valence electrons. The summed E-state index contributed by atoms with van der Waals surface area (Å²) < 4.78 is 41.3. The van der Waals surface area contributed by atoms with Crippen LogP contribution in [0, 0.1) is 28.6 Å². The topological polar surface area (TPSA) is 220 Å². The Morgan fingerprint density at radius 1 is 0.865 bits per heavy atom. The molecule has 0 spiro atoms. The average molecular weight is 741 g/mol. The molecular formula is C37H56O15. The summed E-state index contributed by atoms with van der Waals surface area (Å²) in [5.74, 6) is -0.714. The molecule has 0 aromatic heterocycles. The van der Waals surface area contributed by atoms with Gasteiger partial charge in [0.1, 0.15) is 55.6 Å². The summed E-state index contributed by atoms with van der Waals surface area (Å²) in [5.41, 5.74) is -3.00. The molecular weight excluding hydrogens is 684 g/mol. The second-order valence-electron chi connectivity index (χ2n) is 16.6. The number of carbonyl (C=O) groups is 2. The van der Waals surface area contributed by atoms with E-state index in [0.29, 0.717) is 44.9 Å². The highest BCUT2D eigenvalue weighted by molar-refractivity contribution is 5.85. The molecule has 0 aromatic carbocycles. The third-order valence-corrected chi connectivity index (χ3v) is 14.6. The molecule has 4 aliphatic carbocycles. The molecule has 7 aliphatic rings. The van der Waals surface area contributed by atoms with E-state index in [4.69, 9.17) is 33.2 Å². The second kappa shape index (κ2) is 14.2. The standard InChI is InChI=1S/C37H56O15/c1-18-29(52-32-28(43)27(42)26(41)24(15-38)51-32)30(46-3)31(47-4)33(49-18)50-20-5-10-35(17-39)22-6-9-34(2)21(19-13-25(40)48-16-19)8-12-37(34,45)23(22)7-11-36(35,44)14-20/h13,17-18,20-24,26-33,38,41-45H,5-12,14-16H2,1-4H3/t18-,20?,21-,22+,23-,24-,26-,27+,28-,29+,30+,31-,32+,33+,34-,35+,36+,37+/m1/s1. The number of ether oxygens (including phenoxy) is 7. The lowest BCUT2D eigenvalue weighted by Gasteiger charge is -2.65. The number of cyclic esters (lactones) is 1. The van der Waals surface area contributed by atoms with Crippen LogP contribution in [0.1, 0.15) is 71.6 Å². The number of rotatable bonds is 9. The molecule has 6 fully saturated rings. The van der Waals surface area contributed by atoms with Crippen molar-refractivity contribution in [1.29, 1.82) is 0 Å². The Hall–Kier alpha value is -1.60. The van der Waals surface area contributed by atoms with Crippen molar-refractivity contribution in [1.82, 2.24) is 0 Å². The van der Waals surface area contributed by atoms with Crippen LogP contribution in [0.2, 0.25) is 0 Å². The molecule has 0 amide bonds. The number of fused-ring (bicyclic) bond motifs is 5. The maximum Gasteiger partial charge on any atom is 0.331 e. The van der Waals surface area contributed by atoms with Gasteiger partial charge in [0.15, 0.2) is 12.6 Å². The number of methoxy groups -OCH3 is 2. The number of carbonyl (C=O) groups excluding carboxylic acids is 2. The van der Waals surface area contributed by atoms with E-state index in [-0.39, 0.29) is 36.8 Å². The molecule has 4 saturated carbocycles. The normalized spacial score (nSPS) is 53.3. The first kappa shape index (κ1) is 38.7. The molecule has 1 unspecified atom stereocenters. The average Bonchev–Trinajstić information content (AvgIpc) is 3.67. The van der Waals surface area contributed by atoms with Crippen molar-refractivity contribution >= 4 is 12.3 Å². The fourth-order valence-electron chi connectivity index (χ4n) is 11.7. The molecule has 15 heteroatoms. The molecule has 6 N–H and O–H groups in total. The maximum absolute atomic E-state index is 13.3. The Bertz CT molecular complexity index is 1380. The Morgan fingerprint density at radius 3 is 2.25 bits per heavy atom. The minimum absolute atomic E-state index is 0.0202. The predicted octanol–water partition coefficient (Wildman–Crippen LogP) is -0.118. The van der Waals surface area contributed by atoms with Crippen LogP contribution in [0.4, 0.5) is 0 Å². The van der Waals surface area contributed by atoms with E-state index in [2.05, 4.69) is 6.92 Å². The summed E-state index contributed by atoms with van der Waals surface area (Å²) in [4.78, 5) is 25.2. The molecule has 18 atom stereocenters. The van der Waals surface area contributed by atoms with Gasteiger partial charge in [0.05, 0.1) is 35.4 Å². The zero-order valence-corrected chi connectivity index (χ0v) is 30.4. The highest BCUT2D eigenvalue weighted by Gasteiger charge is 2.71. The lowest BCUT2D eigenvalue weighted by atomic mass is 9.41. The minimum atomic E-state index is -1.62. The van der Waals surface area contributed by atoms with E-state index < -0.39 is 96.2 Å². The smallest absolute Gasteiger partial charge is 0.331 e. The molecule has 15 nitrogen and oxygen atoms in total. The van der Waals surface area contributed by atoms with E-state index in [1.807, 2.05) is 0 Å². The Kier molecular flexibility index (Phi) is 10.5. The highest BCUT2D eigenvalue weighted by atomic mass is 16.7. The molecule has 0 aromatic rings. The monoisotopic (exact) mass is 740 g/mol. The Labute approximate surface area is 303 Å². The number of aliphatic hydroxyl groups excluding tert-OH is 4. The van der Waals surface area contributed by atoms with Crippen LogP contribution in [-0.4, -0.2) is 149 Å². The first-order chi connectivity index (χ1) is 24.7. The number of hydrogen-bond donors (Lipinski definition) is 6. The van der Waals surface area contributed by atoms with Crippen molar-refractivity contribution in [3.05, 3.63) is 11.6 Å². The number of hydrogen-bond acceptors (Lipinski definition) is 15. The molecule has 7 rings (SSSR count). The lowest BCUT2D eigenvalue weighted by Crippen LogP contribution is -2.69. The quantitative estimate of drug-likeness (QED) is 0.103. The van der Waals surface area contributed by atoms with Crippen LogP contribution in [0.3, 0.4) is 0 Å². The lowest BCUT2D eigenvalue weighted by molar-refractivity contribution is -0.365. The maximum atomic E-state index is 13.3. The molecule has 3 heterocycles. The Balaban J connectivity index is 1.05. The van der Waals surface area contributed by atoms with Gasteiger partial charge in [-0.25, -0.2) is 4.79 Å². The summed E-state index contributed by atoms with van der Waals surface area (Å²) in [6, 6.07) is 0. The fourth-order valence-corrected chi connectivity index (χ4v) is 11.7. The SMILES string of the molecule is CO[C@H]1[C@@H](O[C@@H]2O[C@H](CO)[C@@H](O)[C@H](O)[C@H]2O)[C@@H](C)O[C@@H](OC2CC[C@]3(C=O)[C@H]4CC[C@]5(C)[C@@H](C6=CC(=O)OC6)CC[C@]5(O)[C@@H]4CC[C@]3(O)C2)[C@@H]1OC. The van der Waals surface area contributed by atoms with E-state index in [0.717, 1.165) is 18.3 Å². The third kappa shape index (κ3) is 5.76. The van der Waals surface area contributed by atoms with Crippen molar-refractivity contribution in [2.45, 2.75) is 150 Å². The van der Waals surface area contributed by atoms with E-state index in [1.54, 1.807) is 13.0 Å². The van der Waals surface area contributed by atoms with E-state index >= 15 is 0 Å². The summed E-state index contributed by atoms with van der Waals surface area (Å²) in [7, 11) is 2.93. The van der Waals surface area contributed by atoms with Crippen molar-refractivity contribution in [3.63, 3.8) is 0 Å². The largest absolute Gasteiger partial charge is 0.458 e. The van der Waals surface area contributed by atoms with Gasteiger partial charge >= 0.3 is 5.97 Å².